The van der Waals surface area contributed by atoms with Gasteiger partial charge in [0.1, 0.15) is 0 Å². The molecular formula is C19H29ClN4O5S2. The van der Waals surface area contributed by atoms with E-state index in [0.717, 1.165) is 32.1 Å². The number of benzene rings is 1. The van der Waals surface area contributed by atoms with Crippen LogP contribution in [0.1, 0.15) is 42.5 Å². The monoisotopic (exact) mass is 492 g/mol. The lowest BCUT2D eigenvalue weighted by Crippen LogP contribution is -2.55. The predicted molar refractivity (Wildman–Crippen MR) is 119 cm³/mol. The molecule has 0 spiro atoms. The second kappa shape index (κ2) is 9.72. The van der Waals surface area contributed by atoms with Gasteiger partial charge in [0, 0.05) is 39.3 Å². The molecule has 12 heteroatoms. The summed E-state index contributed by atoms with van der Waals surface area (Å²) in [5.74, 6) is -0.421. The van der Waals surface area contributed by atoms with E-state index in [1.165, 1.54) is 38.8 Å². The first-order valence-corrected chi connectivity index (χ1v) is 13.6. The Morgan fingerprint density at radius 1 is 1.06 bits per heavy atom. The van der Waals surface area contributed by atoms with Crippen molar-refractivity contribution in [3.63, 3.8) is 0 Å². The second-order valence-electron chi connectivity index (χ2n) is 7.86. The molecule has 1 aromatic rings. The van der Waals surface area contributed by atoms with Crippen LogP contribution in [-0.2, 0) is 20.2 Å². The molecule has 174 valence electrons. The Morgan fingerprint density at radius 2 is 1.68 bits per heavy atom. The van der Waals surface area contributed by atoms with Crippen molar-refractivity contribution >= 4 is 37.7 Å². The van der Waals surface area contributed by atoms with Crippen LogP contribution < -0.4 is 4.72 Å². The number of halogens is 1. The van der Waals surface area contributed by atoms with E-state index in [4.69, 9.17) is 11.6 Å². The van der Waals surface area contributed by atoms with Gasteiger partial charge in [-0.2, -0.15) is 17.0 Å². The molecule has 1 saturated carbocycles. The van der Waals surface area contributed by atoms with Crippen molar-refractivity contribution in [3.05, 3.63) is 28.8 Å². The maximum atomic E-state index is 13.0. The fraction of sp³-hybridized carbons (Fsp3) is 0.632. The van der Waals surface area contributed by atoms with Gasteiger partial charge in [0.25, 0.3) is 16.1 Å². The lowest BCUT2D eigenvalue weighted by atomic mass is 9.96. The molecule has 1 aromatic carbocycles. The van der Waals surface area contributed by atoms with Crippen LogP contribution in [0.4, 0.5) is 0 Å². The number of hydrogen-bond acceptors (Lipinski definition) is 5. The van der Waals surface area contributed by atoms with Crippen molar-refractivity contribution in [2.75, 3.05) is 40.3 Å². The Morgan fingerprint density at radius 3 is 2.26 bits per heavy atom. The fourth-order valence-corrected chi connectivity index (χ4v) is 6.59. The van der Waals surface area contributed by atoms with Gasteiger partial charge in [0.15, 0.2) is 0 Å². The number of sulfonamides is 1. The summed E-state index contributed by atoms with van der Waals surface area (Å²) < 4.78 is 55.3. The molecular weight excluding hydrogens is 464 g/mol. The Labute approximate surface area is 189 Å². The highest BCUT2D eigenvalue weighted by molar-refractivity contribution is 7.89. The minimum absolute atomic E-state index is 0.0223. The van der Waals surface area contributed by atoms with Crippen molar-refractivity contribution < 1.29 is 21.6 Å². The van der Waals surface area contributed by atoms with Gasteiger partial charge in [0.05, 0.1) is 15.5 Å². The number of nitrogens with one attached hydrogen (secondary N) is 1. The van der Waals surface area contributed by atoms with Gasteiger partial charge in [-0.1, -0.05) is 30.9 Å². The first kappa shape index (κ1) is 24.4. The van der Waals surface area contributed by atoms with Crippen LogP contribution in [0.25, 0.3) is 0 Å². The van der Waals surface area contributed by atoms with E-state index in [1.807, 2.05) is 0 Å². The lowest BCUT2D eigenvalue weighted by Gasteiger charge is -2.38. The number of rotatable bonds is 6. The average molecular weight is 493 g/mol. The van der Waals surface area contributed by atoms with E-state index >= 15 is 0 Å². The van der Waals surface area contributed by atoms with Crippen molar-refractivity contribution in [2.45, 2.75) is 43.0 Å². The van der Waals surface area contributed by atoms with Crippen LogP contribution >= 0.6 is 11.6 Å². The van der Waals surface area contributed by atoms with E-state index in [-0.39, 0.29) is 47.7 Å². The molecule has 0 atom stereocenters. The largest absolute Gasteiger partial charge is 0.336 e. The van der Waals surface area contributed by atoms with Crippen LogP contribution in [0.15, 0.2) is 23.1 Å². The summed E-state index contributed by atoms with van der Waals surface area (Å²) in [6, 6.07) is 3.97. The summed E-state index contributed by atoms with van der Waals surface area (Å²) >= 11 is 6.16. The standard InChI is InChI=1S/C19H29ClN4O5S2/c1-21-30(26,27)16-8-9-18(20)17(14-16)19(25)23-10-12-24(13-11-23)31(28,29)22(2)15-6-4-3-5-7-15/h8-9,14-15,21H,3-7,10-13H2,1-2H3. The minimum Gasteiger partial charge on any atom is -0.336 e. The zero-order valence-corrected chi connectivity index (χ0v) is 20.1. The third kappa shape index (κ3) is 5.23. The maximum absolute atomic E-state index is 13.0. The topological polar surface area (TPSA) is 107 Å². The normalized spacial score (nSPS) is 19.7. The van der Waals surface area contributed by atoms with E-state index in [2.05, 4.69) is 4.72 Å². The molecule has 0 aromatic heterocycles. The van der Waals surface area contributed by atoms with Crippen molar-refractivity contribution in [2.24, 2.45) is 0 Å². The summed E-state index contributed by atoms with van der Waals surface area (Å²) in [6.07, 6.45) is 4.97. The molecule has 0 bridgehead atoms. The Bertz CT molecular complexity index is 1020. The molecule has 2 aliphatic rings. The zero-order valence-electron chi connectivity index (χ0n) is 17.8. The Balaban J connectivity index is 1.69. The molecule has 3 rings (SSSR count). The van der Waals surface area contributed by atoms with Crippen LogP contribution in [0.5, 0.6) is 0 Å². The van der Waals surface area contributed by atoms with Gasteiger partial charge >= 0.3 is 0 Å². The number of carbonyl (C=O) groups is 1. The van der Waals surface area contributed by atoms with E-state index in [9.17, 15) is 21.6 Å². The summed E-state index contributed by atoms with van der Waals surface area (Å²) in [4.78, 5) is 14.4. The third-order valence-corrected chi connectivity index (χ3v) is 9.84. The highest BCUT2D eigenvalue weighted by atomic mass is 35.5. The molecule has 1 aliphatic heterocycles. The van der Waals surface area contributed by atoms with Crippen LogP contribution in [0.3, 0.4) is 0 Å². The van der Waals surface area contributed by atoms with Gasteiger partial charge in [-0.25, -0.2) is 13.1 Å². The molecule has 9 nitrogen and oxygen atoms in total. The summed E-state index contributed by atoms with van der Waals surface area (Å²) in [5, 5.41) is 0.145. The average Bonchev–Trinajstić information content (AvgIpc) is 2.79. The zero-order chi connectivity index (χ0) is 22.8. The van der Waals surface area contributed by atoms with Gasteiger partial charge in [-0.05, 0) is 38.1 Å². The molecule has 0 radical (unpaired) electrons. The Hall–Kier alpha value is -1.24. The van der Waals surface area contributed by atoms with Crippen LogP contribution in [0, 0.1) is 0 Å². The summed E-state index contributed by atoms with van der Waals surface area (Å²) in [6.45, 7) is 0.764. The summed E-state index contributed by atoms with van der Waals surface area (Å²) in [5.41, 5.74) is 0.0774. The molecule has 31 heavy (non-hydrogen) atoms. The van der Waals surface area contributed by atoms with Crippen molar-refractivity contribution in [1.82, 2.24) is 18.2 Å². The molecule has 1 saturated heterocycles. The highest BCUT2D eigenvalue weighted by Gasteiger charge is 2.35. The Kier molecular flexibility index (Phi) is 7.65. The van der Waals surface area contributed by atoms with E-state index in [0.29, 0.717) is 0 Å². The fourth-order valence-electron chi connectivity index (χ4n) is 4.06. The minimum atomic E-state index is -3.72. The number of hydrogen-bond donors (Lipinski definition) is 1. The number of piperazine rings is 1. The summed E-state index contributed by atoms with van der Waals surface area (Å²) in [7, 11) is -4.40. The number of amides is 1. The van der Waals surface area contributed by atoms with Crippen molar-refractivity contribution in [3.8, 4) is 0 Å². The second-order valence-corrected chi connectivity index (χ2v) is 12.1. The third-order valence-electron chi connectivity index (χ3n) is 6.05. The van der Waals surface area contributed by atoms with Crippen LogP contribution in [0.2, 0.25) is 5.02 Å². The number of carbonyl (C=O) groups excluding carboxylic acids is 1. The van der Waals surface area contributed by atoms with E-state index in [1.54, 1.807) is 7.05 Å². The maximum Gasteiger partial charge on any atom is 0.282 e. The van der Waals surface area contributed by atoms with Gasteiger partial charge in [-0.15, -0.1) is 0 Å². The van der Waals surface area contributed by atoms with Gasteiger partial charge in [-0.3, -0.25) is 4.79 Å². The first-order chi connectivity index (χ1) is 14.6. The predicted octanol–water partition coefficient (Wildman–Crippen LogP) is 1.52. The smallest absolute Gasteiger partial charge is 0.282 e. The first-order valence-electron chi connectivity index (χ1n) is 10.3. The highest BCUT2D eigenvalue weighted by Crippen LogP contribution is 2.26. The lowest BCUT2D eigenvalue weighted by molar-refractivity contribution is 0.0692. The van der Waals surface area contributed by atoms with Gasteiger partial charge in [0.2, 0.25) is 10.0 Å². The van der Waals surface area contributed by atoms with Crippen molar-refractivity contribution in [1.29, 1.82) is 0 Å². The molecule has 1 heterocycles. The van der Waals surface area contributed by atoms with Gasteiger partial charge < -0.3 is 4.90 Å². The molecule has 1 N–H and O–H groups in total. The molecule has 0 unspecified atom stereocenters. The number of nitrogens with zero attached hydrogens (tertiary/aromatic N) is 3. The molecule has 2 fully saturated rings. The van der Waals surface area contributed by atoms with Crippen LogP contribution in [-0.4, -0.2) is 82.6 Å². The van der Waals surface area contributed by atoms with E-state index < -0.39 is 26.1 Å². The molecule has 1 amide bonds. The molecule has 1 aliphatic carbocycles. The quantitative estimate of drug-likeness (QED) is 0.647. The SMILES string of the molecule is CNS(=O)(=O)c1ccc(Cl)c(C(=O)N2CCN(S(=O)(=O)N(C)C3CCCCC3)CC2)c1.